The van der Waals surface area contributed by atoms with Crippen LogP contribution in [0.1, 0.15) is 16.4 Å². The second-order valence-corrected chi connectivity index (χ2v) is 7.96. The minimum absolute atomic E-state index is 0.0373. The Morgan fingerprint density at radius 1 is 1.25 bits per heavy atom. The van der Waals surface area contributed by atoms with Gasteiger partial charge in [0.25, 0.3) is 5.69 Å². The van der Waals surface area contributed by atoms with Crippen molar-refractivity contribution in [2.45, 2.75) is 16.2 Å². The molecule has 0 unspecified atom stereocenters. The lowest BCUT2D eigenvalue weighted by molar-refractivity contribution is -0.385. The number of carbonyl (C=O) groups excluding carboxylic acids is 2. The van der Waals surface area contributed by atoms with Gasteiger partial charge in [0.05, 0.1) is 30.1 Å². The van der Waals surface area contributed by atoms with E-state index in [9.17, 15) is 29.6 Å². The second kappa shape index (κ2) is 7.64. The number of aromatic nitrogens is 1. The average molecular weight is 426 g/mol. The molecule has 12 heteroatoms. The number of nitro groups is 1. The molecule has 1 aliphatic rings. The SMILES string of the molecule is COC(=O)[C@@H]1[C@@H](c2cc([N+](=O)[O-])ccc2O)c2sc(=O)[nH]c2S[C@H]1C(=O)OC. The van der Waals surface area contributed by atoms with Gasteiger partial charge < -0.3 is 19.6 Å². The van der Waals surface area contributed by atoms with Gasteiger partial charge in [0.2, 0.25) is 0 Å². The van der Waals surface area contributed by atoms with Gasteiger partial charge in [0, 0.05) is 28.5 Å². The summed E-state index contributed by atoms with van der Waals surface area (Å²) in [5.74, 6) is -4.00. The number of ether oxygens (including phenoxy) is 2. The molecular formula is C16H14N2O8S2. The van der Waals surface area contributed by atoms with E-state index in [0.717, 1.165) is 55.5 Å². The molecule has 3 rings (SSSR count). The largest absolute Gasteiger partial charge is 0.508 e. The molecule has 2 heterocycles. The number of thiazole rings is 1. The maximum Gasteiger partial charge on any atom is 0.320 e. The highest BCUT2D eigenvalue weighted by Crippen LogP contribution is 2.51. The summed E-state index contributed by atoms with van der Waals surface area (Å²) >= 11 is 1.74. The van der Waals surface area contributed by atoms with Crippen LogP contribution in [0, 0.1) is 16.0 Å². The lowest BCUT2D eigenvalue weighted by Crippen LogP contribution is -2.41. The first-order valence-corrected chi connectivity index (χ1v) is 9.50. The number of benzene rings is 1. The van der Waals surface area contributed by atoms with Gasteiger partial charge in [-0.25, -0.2) is 0 Å². The second-order valence-electron chi connectivity index (χ2n) is 5.80. The highest BCUT2D eigenvalue weighted by atomic mass is 32.2. The highest BCUT2D eigenvalue weighted by Gasteiger charge is 2.49. The highest BCUT2D eigenvalue weighted by molar-refractivity contribution is 8.00. The van der Waals surface area contributed by atoms with Crippen LogP contribution in [0.25, 0.3) is 0 Å². The summed E-state index contributed by atoms with van der Waals surface area (Å²) in [6, 6.07) is 3.36. The summed E-state index contributed by atoms with van der Waals surface area (Å²) in [5, 5.41) is 20.8. The van der Waals surface area contributed by atoms with Crippen LogP contribution in [0.3, 0.4) is 0 Å². The van der Waals surface area contributed by atoms with Crippen LogP contribution in [-0.4, -0.2) is 46.4 Å². The quantitative estimate of drug-likeness (QED) is 0.422. The van der Waals surface area contributed by atoms with Crippen molar-refractivity contribution >= 4 is 40.7 Å². The van der Waals surface area contributed by atoms with Gasteiger partial charge >= 0.3 is 16.8 Å². The number of phenolic OH excluding ortho intramolecular Hbond substituents is 1. The Labute approximate surface area is 165 Å². The molecule has 10 nitrogen and oxygen atoms in total. The molecule has 0 saturated heterocycles. The van der Waals surface area contributed by atoms with E-state index in [2.05, 4.69) is 4.98 Å². The summed E-state index contributed by atoms with van der Waals surface area (Å²) in [6.45, 7) is 0. The molecule has 0 aliphatic carbocycles. The number of esters is 2. The third-order valence-electron chi connectivity index (χ3n) is 4.32. The van der Waals surface area contributed by atoms with E-state index in [1.54, 1.807) is 0 Å². The minimum atomic E-state index is -1.17. The molecule has 2 N–H and O–H groups in total. The van der Waals surface area contributed by atoms with Gasteiger partial charge in [0.15, 0.2) is 0 Å². The zero-order valence-corrected chi connectivity index (χ0v) is 16.2. The number of nitro benzene ring substituents is 1. The number of hydrogen-bond donors (Lipinski definition) is 2. The van der Waals surface area contributed by atoms with Crippen molar-refractivity contribution < 1.29 is 29.1 Å². The number of hydrogen-bond acceptors (Lipinski definition) is 10. The molecule has 0 radical (unpaired) electrons. The molecule has 0 saturated carbocycles. The molecule has 1 aromatic heterocycles. The maximum atomic E-state index is 12.6. The van der Waals surface area contributed by atoms with E-state index in [4.69, 9.17) is 9.47 Å². The Bertz CT molecular complexity index is 1010. The summed E-state index contributed by atoms with van der Waals surface area (Å²) in [7, 11) is 2.30. The number of thioether (sulfide) groups is 1. The van der Waals surface area contributed by atoms with Gasteiger partial charge in [-0.3, -0.25) is 24.5 Å². The van der Waals surface area contributed by atoms with E-state index < -0.39 is 38.8 Å². The third-order valence-corrected chi connectivity index (χ3v) is 6.71. The van der Waals surface area contributed by atoms with Crippen molar-refractivity contribution in [2.24, 2.45) is 5.92 Å². The number of nitrogens with one attached hydrogen (secondary N) is 1. The molecule has 0 amide bonds. The van der Waals surface area contributed by atoms with E-state index >= 15 is 0 Å². The molecule has 148 valence electrons. The molecule has 0 fully saturated rings. The van der Waals surface area contributed by atoms with Gasteiger partial charge in [-0.15, -0.1) is 0 Å². The lowest BCUT2D eigenvalue weighted by atomic mass is 9.81. The monoisotopic (exact) mass is 426 g/mol. The Morgan fingerprint density at radius 3 is 2.54 bits per heavy atom. The van der Waals surface area contributed by atoms with Crippen molar-refractivity contribution in [1.82, 2.24) is 4.98 Å². The van der Waals surface area contributed by atoms with E-state index in [0.29, 0.717) is 9.90 Å². The van der Waals surface area contributed by atoms with Crippen LogP contribution < -0.4 is 4.87 Å². The predicted molar refractivity (Wildman–Crippen MR) is 98.7 cm³/mol. The van der Waals surface area contributed by atoms with E-state index in [1.165, 1.54) is 0 Å². The van der Waals surface area contributed by atoms with Crippen molar-refractivity contribution in [3.63, 3.8) is 0 Å². The molecule has 0 bridgehead atoms. The van der Waals surface area contributed by atoms with Crippen LogP contribution in [0.4, 0.5) is 5.69 Å². The Morgan fingerprint density at radius 2 is 1.93 bits per heavy atom. The van der Waals surface area contributed by atoms with E-state index in [1.807, 2.05) is 0 Å². The average Bonchev–Trinajstić information content (AvgIpc) is 3.05. The minimum Gasteiger partial charge on any atom is -0.508 e. The van der Waals surface area contributed by atoms with Crippen LogP contribution in [0.2, 0.25) is 0 Å². The molecule has 3 atom stereocenters. The number of methoxy groups -OCH3 is 2. The van der Waals surface area contributed by atoms with Gasteiger partial charge in [-0.05, 0) is 6.07 Å². The van der Waals surface area contributed by atoms with Crippen molar-refractivity contribution in [3.05, 3.63) is 48.4 Å². The van der Waals surface area contributed by atoms with Gasteiger partial charge in [-0.2, -0.15) is 0 Å². The number of carbonyl (C=O) groups is 2. The fourth-order valence-corrected chi connectivity index (χ4v) is 5.59. The predicted octanol–water partition coefficient (Wildman–Crippen LogP) is 1.62. The van der Waals surface area contributed by atoms with Crippen LogP contribution in [0.15, 0.2) is 28.0 Å². The number of phenols is 1. The zero-order chi connectivity index (χ0) is 20.6. The number of fused-ring (bicyclic) bond motifs is 1. The summed E-state index contributed by atoms with van der Waals surface area (Å²) in [4.78, 5) is 49.9. The van der Waals surface area contributed by atoms with Crippen molar-refractivity contribution in [2.75, 3.05) is 14.2 Å². The fraction of sp³-hybridized carbons (Fsp3) is 0.312. The summed E-state index contributed by atoms with van der Waals surface area (Å²) in [6.07, 6.45) is 0. The zero-order valence-electron chi connectivity index (χ0n) is 14.5. The first-order chi connectivity index (χ1) is 13.3. The van der Waals surface area contributed by atoms with Crippen LogP contribution >= 0.6 is 23.1 Å². The number of aromatic amines is 1. The normalized spacial score (nSPS) is 20.9. The topological polar surface area (TPSA) is 149 Å². The Kier molecular flexibility index (Phi) is 5.42. The number of rotatable bonds is 4. The van der Waals surface area contributed by atoms with Crippen molar-refractivity contribution in [1.29, 1.82) is 0 Å². The first kappa shape index (κ1) is 19.9. The van der Waals surface area contributed by atoms with Crippen LogP contribution in [0.5, 0.6) is 5.75 Å². The molecule has 1 aliphatic heterocycles. The molecule has 2 aromatic rings. The first-order valence-electron chi connectivity index (χ1n) is 7.81. The van der Waals surface area contributed by atoms with Crippen LogP contribution in [-0.2, 0) is 19.1 Å². The number of H-pyrrole nitrogens is 1. The Hall–Kier alpha value is -2.86. The lowest BCUT2D eigenvalue weighted by Gasteiger charge is -2.34. The molecule has 28 heavy (non-hydrogen) atoms. The number of non-ortho nitro benzene ring substituents is 1. The van der Waals surface area contributed by atoms with Crippen molar-refractivity contribution in [3.8, 4) is 5.75 Å². The molecule has 0 spiro atoms. The fourth-order valence-electron chi connectivity index (χ4n) is 3.10. The number of nitrogens with zero attached hydrogens (tertiary/aromatic N) is 1. The number of aromatic hydroxyl groups is 1. The summed E-state index contributed by atoms with van der Waals surface area (Å²) < 4.78 is 9.63. The van der Waals surface area contributed by atoms with E-state index in [-0.39, 0.29) is 17.0 Å². The standard InChI is InChI=1S/C16H14N2O8S2/c1-25-14(20)10-9(7-5-6(18(23)24)3-4-8(7)19)11-13(17-16(22)28-11)27-12(10)15(21)26-2/h3-5,9-10,12,19H,1-2H3,(H,17,22)/t9-,10-,12-/m1/s1. The van der Waals surface area contributed by atoms with Gasteiger partial charge in [-0.1, -0.05) is 23.1 Å². The maximum absolute atomic E-state index is 12.6. The third kappa shape index (κ3) is 3.36. The van der Waals surface area contributed by atoms with Gasteiger partial charge in [0.1, 0.15) is 11.0 Å². The smallest absolute Gasteiger partial charge is 0.320 e. The summed E-state index contributed by atoms with van der Waals surface area (Å²) in [5.41, 5.74) is -0.274. The Balaban J connectivity index is 2.29. The molecule has 1 aromatic carbocycles. The molecular weight excluding hydrogens is 412 g/mol.